The van der Waals surface area contributed by atoms with Crippen LogP contribution in [0.5, 0.6) is 0 Å². The summed E-state index contributed by atoms with van der Waals surface area (Å²) in [6, 6.07) is 56.6. The van der Waals surface area contributed by atoms with Crippen molar-refractivity contribution < 1.29 is 0 Å². The maximum absolute atomic E-state index is 5.96. The second kappa shape index (κ2) is 32.6. The Hall–Kier alpha value is -8.14. The largest absolute Gasteiger partial charge is 0.358 e. The van der Waals surface area contributed by atoms with Crippen LogP contribution in [-0.2, 0) is 51.5 Å². The molecular weight excluding hydrogens is 1190 g/mol. The van der Waals surface area contributed by atoms with Gasteiger partial charge in [-0.3, -0.25) is 9.97 Å². The molecule has 482 valence electrons. The fraction of sp³-hybridized carbons (Fsp3) is 0.325. The van der Waals surface area contributed by atoms with E-state index in [9.17, 15) is 0 Å². The van der Waals surface area contributed by atoms with Crippen molar-refractivity contribution in [1.29, 1.82) is 0 Å². The lowest BCUT2D eigenvalue weighted by atomic mass is 10.0. The highest BCUT2D eigenvalue weighted by Gasteiger charge is 2.47. The van der Waals surface area contributed by atoms with Crippen LogP contribution in [0, 0.1) is 0 Å². The Morgan fingerprint density at radius 3 is 1.12 bits per heavy atom. The zero-order valence-corrected chi connectivity index (χ0v) is 59.7. The molecule has 0 aliphatic heterocycles. The molecule has 13 heteroatoms. The van der Waals surface area contributed by atoms with Crippen LogP contribution in [0.3, 0.4) is 0 Å². The van der Waals surface area contributed by atoms with Gasteiger partial charge in [0.1, 0.15) is 22.1 Å². The summed E-state index contributed by atoms with van der Waals surface area (Å²) in [6.45, 7) is 29.5. The molecule has 0 bridgehead atoms. The molecule has 0 saturated carbocycles. The van der Waals surface area contributed by atoms with Gasteiger partial charge in [-0.2, -0.15) is 0 Å². The van der Waals surface area contributed by atoms with Gasteiger partial charge < -0.3 is 19.2 Å². The standard InChI is InChI=1S/C30H39N3Si.C22H30ClN3Si.C21H19N3.C7H9N/c1-22(2)34(23(3)4,24(5)6)33-21-27(29-13-10-18-31-30(29)33)19-26-15-17-28(32-20-26)16-14-25-11-8-7-9-12-25;1-15(2)27(16(3)4,17(5)6)26-14-19(20-8-7-11-24-22(20)26)12-18-9-10-21(23)25-13-18;1-2-5-16(6-3-1)8-10-19-11-9-17(14-23-19)13-18-15-24-21-20(18)7-4-12-22-21;8-6-7-4-2-1-3-5-7/h7-13,15,17-18,20-24H,14,16,19H2,1-6H3;7-11,13-17H,12H2,1-6H3;1-7,9,11-12,14-15H,8,10,13H2,(H,22,24);1-5H,6,8H2. The maximum atomic E-state index is 5.96. The second-order valence-electron chi connectivity index (χ2n) is 26.7. The van der Waals surface area contributed by atoms with Crippen LogP contribution in [0.2, 0.25) is 38.4 Å². The zero-order valence-electron chi connectivity index (χ0n) is 56.9. The van der Waals surface area contributed by atoms with Crippen molar-refractivity contribution in [2.24, 2.45) is 5.73 Å². The fourth-order valence-corrected chi connectivity index (χ4v) is 28.3. The average Bonchev–Trinajstić information content (AvgIpc) is 1.65. The summed E-state index contributed by atoms with van der Waals surface area (Å²) >= 11 is 5.96. The number of fused-ring (bicyclic) bond motifs is 3. The number of hydrogen-bond acceptors (Lipinski definition) is 7. The minimum absolute atomic E-state index is 0.536. The van der Waals surface area contributed by atoms with Crippen LogP contribution >= 0.6 is 11.6 Å². The van der Waals surface area contributed by atoms with Crippen LogP contribution in [-0.4, -0.2) is 59.8 Å². The molecule has 3 N–H and O–H groups in total. The third-order valence-corrected chi connectivity index (χ3v) is 32.7. The highest BCUT2D eigenvalue weighted by molar-refractivity contribution is 6.83. The van der Waals surface area contributed by atoms with E-state index in [0.29, 0.717) is 44.9 Å². The van der Waals surface area contributed by atoms with Gasteiger partial charge in [-0.25, -0.2) is 19.9 Å². The summed E-state index contributed by atoms with van der Waals surface area (Å²) in [4.78, 5) is 31.0. The smallest absolute Gasteiger partial charge is 0.171 e. The Kier molecular flexibility index (Phi) is 24.3. The number of benzene rings is 3. The number of rotatable bonds is 21. The van der Waals surface area contributed by atoms with E-state index < -0.39 is 16.5 Å². The minimum atomic E-state index is -1.88. The van der Waals surface area contributed by atoms with Crippen molar-refractivity contribution >= 4 is 61.2 Å². The van der Waals surface area contributed by atoms with Crippen LogP contribution in [0.15, 0.2) is 220 Å². The number of aromatic nitrogens is 9. The molecule has 9 aromatic heterocycles. The summed E-state index contributed by atoms with van der Waals surface area (Å²) in [5.41, 5.74) is 26.2. The van der Waals surface area contributed by atoms with Crippen molar-refractivity contribution in [2.75, 3.05) is 0 Å². The quantitative estimate of drug-likeness (QED) is 0.0541. The van der Waals surface area contributed by atoms with Crippen LogP contribution < -0.4 is 5.73 Å². The van der Waals surface area contributed by atoms with E-state index in [4.69, 9.17) is 32.3 Å². The van der Waals surface area contributed by atoms with Gasteiger partial charge in [0, 0.05) is 109 Å². The monoisotopic (exact) mass is 1290 g/mol. The van der Waals surface area contributed by atoms with Crippen molar-refractivity contribution in [2.45, 2.75) is 168 Å². The molecule has 0 spiro atoms. The molecule has 3 aromatic carbocycles. The van der Waals surface area contributed by atoms with E-state index in [1.165, 1.54) is 66.2 Å². The Balaban J connectivity index is 0.000000157. The number of nitrogens with two attached hydrogens (primary N) is 1. The van der Waals surface area contributed by atoms with E-state index in [1.807, 2.05) is 85.7 Å². The summed E-state index contributed by atoms with van der Waals surface area (Å²) < 4.78 is 5.24. The normalized spacial score (nSPS) is 11.8. The predicted molar refractivity (Wildman–Crippen MR) is 397 cm³/mol. The van der Waals surface area contributed by atoms with Gasteiger partial charge in [0.25, 0.3) is 0 Å². The van der Waals surface area contributed by atoms with Gasteiger partial charge in [-0.1, -0.05) is 204 Å². The molecule has 0 fully saturated rings. The molecule has 0 unspecified atom stereocenters. The molecule has 93 heavy (non-hydrogen) atoms. The van der Waals surface area contributed by atoms with Gasteiger partial charge in [0.05, 0.1) is 0 Å². The zero-order chi connectivity index (χ0) is 66.1. The molecule has 9 heterocycles. The lowest BCUT2D eigenvalue weighted by Gasteiger charge is -2.44. The van der Waals surface area contributed by atoms with Crippen molar-refractivity contribution in [3.05, 3.63) is 286 Å². The molecule has 0 aliphatic rings. The summed E-state index contributed by atoms with van der Waals surface area (Å²) in [5, 5.41) is 4.26. The average molecular weight is 1290 g/mol. The van der Waals surface area contributed by atoms with E-state index in [-0.39, 0.29) is 0 Å². The molecule has 12 aromatic rings. The highest BCUT2D eigenvalue weighted by atomic mass is 35.5. The number of pyridine rings is 6. The molecular formula is C80H97ClN10Si2. The Labute approximate surface area is 560 Å². The molecule has 0 radical (unpaired) electrons. The predicted octanol–water partition coefficient (Wildman–Crippen LogP) is 20.0. The van der Waals surface area contributed by atoms with Gasteiger partial charge in [0.15, 0.2) is 16.5 Å². The number of nitrogens with one attached hydrogen (secondary N) is 1. The molecule has 12 rings (SSSR count). The third kappa shape index (κ3) is 16.6. The number of H-pyrrole nitrogens is 1. The first-order valence-corrected chi connectivity index (χ1v) is 38.3. The first-order chi connectivity index (χ1) is 44.9. The van der Waals surface area contributed by atoms with Gasteiger partial charge in [-0.15, -0.1) is 0 Å². The molecule has 0 atom stereocenters. The molecule has 10 nitrogen and oxygen atoms in total. The highest BCUT2D eigenvalue weighted by Crippen LogP contribution is 2.46. The van der Waals surface area contributed by atoms with Crippen LogP contribution in [0.25, 0.3) is 33.1 Å². The fourth-order valence-electron chi connectivity index (χ4n) is 15.0. The van der Waals surface area contributed by atoms with Crippen LogP contribution in [0.4, 0.5) is 0 Å². The van der Waals surface area contributed by atoms with E-state index in [0.717, 1.165) is 73.3 Å². The first kappa shape index (κ1) is 69.2. The van der Waals surface area contributed by atoms with E-state index in [2.05, 4.69) is 245 Å². The SMILES string of the molecule is CC(C)[Si](C(C)C)(C(C)C)n1cc(Cc2ccc(CCc3ccccc3)nc2)c2cccnc21.CC(C)[Si](C(C)C)(C(C)C)n1cc(Cc2ccc(Cl)nc2)c2cccnc21.NCc1ccccc1.c1ccc(CCc2ccc(Cc3c[nH]c4ncccc34)cn2)cc1. The molecule has 0 saturated heterocycles. The number of nitrogens with zero attached hydrogens (tertiary/aromatic N) is 8. The number of hydrogen-bond donors (Lipinski definition) is 2. The third-order valence-electron chi connectivity index (χ3n) is 19.1. The van der Waals surface area contributed by atoms with E-state index >= 15 is 0 Å². The summed E-state index contributed by atoms with van der Waals surface area (Å²) in [7, 11) is -3.73. The summed E-state index contributed by atoms with van der Waals surface area (Å²) in [5.74, 6) is 0. The molecule has 0 aliphatic carbocycles. The number of halogens is 1. The van der Waals surface area contributed by atoms with E-state index in [1.54, 1.807) is 0 Å². The first-order valence-electron chi connectivity index (χ1n) is 33.5. The van der Waals surface area contributed by atoms with Gasteiger partial charge >= 0.3 is 0 Å². The lowest BCUT2D eigenvalue weighted by Crippen LogP contribution is -2.51. The number of aromatic amines is 1. The Morgan fingerprint density at radius 2 is 0.753 bits per heavy atom. The number of aryl methyl sites for hydroxylation is 4. The minimum Gasteiger partial charge on any atom is -0.358 e. The lowest BCUT2D eigenvalue weighted by molar-refractivity contribution is 0.769. The van der Waals surface area contributed by atoms with Gasteiger partial charge in [0.2, 0.25) is 0 Å². The second-order valence-corrected chi connectivity index (χ2v) is 38.5. The van der Waals surface area contributed by atoms with Crippen molar-refractivity contribution in [1.82, 2.24) is 43.4 Å². The van der Waals surface area contributed by atoms with Crippen LogP contribution in [0.1, 0.15) is 145 Å². The Morgan fingerprint density at radius 1 is 0.376 bits per heavy atom. The molecule has 0 amide bonds. The summed E-state index contributed by atoms with van der Waals surface area (Å²) in [6.07, 6.45) is 25.1. The maximum Gasteiger partial charge on any atom is 0.171 e. The van der Waals surface area contributed by atoms with Crippen molar-refractivity contribution in [3.63, 3.8) is 0 Å². The topological polar surface area (TPSA) is 129 Å². The van der Waals surface area contributed by atoms with Gasteiger partial charge in [-0.05, 0) is 164 Å². The Bertz CT molecular complexity index is 4150. The van der Waals surface area contributed by atoms with Crippen molar-refractivity contribution in [3.8, 4) is 0 Å².